The van der Waals surface area contributed by atoms with E-state index in [-0.39, 0.29) is 12.0 Å². The fourth-order valence-electron chi connectivity index (χ4n) is 2.40. The van der Waals surface area contributed by atoms with E-state index in [1.54, 1.807) is 0 Å². The largest absolute Gasteiger partial charge is 0.491 e. The summed E-state index contributed by atoms with van der Waals surface area (Å²) in [6, 6.07) is 7.79. The van der Waals surface area contributed by atoms with Crippen molar-refractivity contribution in [1.82, 2.24) is 4.90 Å². The van der Waals surface area contributed by atoms with Crippen molar-refractivity contribution in [3.05, 3.63) is 29.8 Å². The lowest BCUT2D eigenvalue weighted by Gasteiger charge is -2.23. The second kappa shape index (κ2) is 6.42. The Kier molecular flexibility index (Phi) is 4.86. The van der Waals surface area contributed by atoms with Crippen molar-refractivity contribution >= 4 is 21.8 Å². The van der Waals surface area contributed by atoms with Gasteiger partial charge in [-0.25, -0.2) is 0 Å². The first-order valence-corrected chi connectivity index (χ1v) is 7.87. The van der Waals surface area contributed by atoms with Crippen LogP contribution in [0.1, 0.15) is 37.0 Å². The maximum atomic E-state index is 12.5. The number of benzene rings is 1. The Bertz CT molecular complexity index is 448. The number of hydrogen-bond donors (Lipinski definition) is 0. The van der Waals surface area contributed by atoms with Crippen LogP contribution >= 0.6 is 15.9 Å². The third-order valence-corrected chi connectivity index (χ3v) is 4.02. The highest BCUT2D eigenvalue weighted by molar-refractivity contribution is 9.09. The molecule has 1 amide bonds. The van der Waals surface area contributed by atoms with Crippen molar-refractivity contribution in [3.8, 4) is 5.75 Å². The second-order valence-electron chi connectivity index (χ2n) is 5.14. The lowest BCUT2D eigenvalue weighted by atomic mass is 10.1. The van der Waals surface area contributed by atoms with Gasteiger partial charge in [-0.05, 0) is 44.9 Å². The fourth-order valence-corrected chi connectivity index (χ4v) is 3.08. The Morgan fingerprint density at radius 3 is 3.00 bits per heavy atom. The Hall–Kier alpha value is -1.03. The highest BCUT2D eigenvalue weighted by Gasteiger charge is 2.28. The number of likely N-dealkylation sites (tertiary alicyclic amines) is 1. The molecule has 1 atom stereocenters. The minimum atomic E-state index is 0.108. The number of ether oxygens (including phenoxy) is 1. The van der Waals surface area contributed by atoms with Gasteiger partial charge in [-0.3, -0.25) is 4.79 Å². The molecule has 3 nitrogen and oxygen atoms in total. The van der Waals surface area contributed by atoms with E-state index < -0.39 is 0 Å². The van der Waals surface area contributed by atoms with Crippen LogP contribution in [-0.2, 0) is 0 Å². The molecule has 0 aliphatic carbocycles. The Labute approximate surface area is 123 Å². The van der Waals surface area contributed by atoms with E-state index in [1.165, 1.54) is 0 Å². The van der Waals surface area contributed by atoms with Crippen molar-refractivity contribution in [1.29, 1.82) is 0 Å². The Balaban J connectivity index is 2.14. The monoisotopic (exact) mass is 325 g/mol. The molecule has 0 bridgehead atoms. The van der Waals surface area contributed by atoms with Crippen molar-refractivity contribution in [2.75, 3.05) is 11.9 Å². The van der Waals surface area contributed by atoms with Crippen LogP contribution < -0.4 is 4.74 Å². The standard InChI is InChI=1S/C15H20BrNO2/c1-11(2)19-14-7-3-5-12(9-14)15(18)17-8-4-6-13(17)10-16/h3,5,7,9,11,13H,4,6,8,10H2,1-2H3. The summed E-state index contributed by atoms with van der Waals surface area (Å²) in [5, 5.41) is 0.848. The molecule has 0 N–H and O–H groups in total. The number of amides is 1. The molecule has 1 aliphatic heterocycles. The maximum absolute atomic E-state index is 12.5. The van der Waals surface area contributed by atoms with Crippen molar-refractivity contribution in [3.63, 3.8) is 0 Å². The maximum Gasteiger partial charge on any atom is 0.254 e. The molecule has 1 fully saturated rings. The van der Waals surface area contributed by atoms with Gasteiger partial charge in [0, 0.05) is 23.5 Å². The molecule has 1 aromatic carbocycles. The molecule has 0 radical (unpaired) electrons. The predicted octanol–water partition coefficient (Wildman–Crippen LogP) is 3.47. The van der Waals surface area contributed by atoms with Gasteiger partial charge in [0.1, 0.15) is 5.75 Å². The van der Waals surface area contributed by atoms with Crippen LogP contribution in [0.4, 0.5) is 0 Å². The molecule has 1 heterocycles. The Morgan fingerprint density at radius 1 is 1.53 bits per heavy atom. The minimum Gasteiger partial charge on any atom is -0.491 e. The molecule has 0 spiro atoms. The zero-order valence-corrected chi connectivity index (χ0v) is 13.0. The smallest absolute Gasteiger partial charge is 0.254 e. The van der Waals surface area contributed by atoms with Gasteiger partial charge in [0.2, 0.25) is 0 Å². The predicted molar refractivity (Wildman–Crippen MR) is 80.1 cm³/mol. The van der Waals surface area contributed by atoms with Gasteiger partial charge in [-0.1, -0.05) is 22.0 Å². The lowest BCUT2D eigenvalue weighted by molar-refractivity contribution is 0.0750. The molecule has 1 unspecified atom stereocenters. The topological polar surface area (TPSA) is 29.5 Å². The summed E-state index contributed by atoms with van der Waals surface area (Å²) in [6.45, 7) is 4.82. The summed E-state index contributed by atoms with van der Waals surface area (Å²) in [4.78, 5) is 14.5. The van der Waals surface area contributed by atoms with Crippen molar-refractivity contribution < 1.29 is 9.53 Å². The van der Waals surface area contributed by atoms with Gasteiger partial charge < -0.3 is 9.64 Å². The van der Waals surface area contributed by atoms with E-state index in [9.17, 15) is 4.79 Å². The van der Waals surface area contributed by atoms with Crippen LogP contribution in [0.25, 0.3) is 0 Å². The molecule has 0 aromatic heterocycles. The zero-order chi connectivity index (χ0) is 13.8. The highest BCUT2D eigenvalue weighted by Crippen LogP contribution is 2.23. The van der Waals surface area contributed by atoms with Gasteiger partial charge in [0.05, 0.1) is 6.10 Å². The summed E-state index contributed by atoms with van der Waals surface area (Å²) in [5.74, 6) is 0.867. The number of halogens is 1. The van der Waals surface area contributed by atoms with E-state index in [2.05, 4.69) is 15.9 Å². The molecule has 104 valence electrons. The molecule has 0 saturated carbocycles. The van der Waals surface area contributed by atoms with E-state index in [0.29, 0.717) is 11.6 Å². The first kappa shape index (κ1) is 14.4. The molecule has 19 heavy (non-hydrogen) atoms. The van der Waals surface area contributed by atoms with Gasteiger partial charge in [-0.2, -0.15) is 0 Å². The molecule has 2 rings (SSSR count). The first-order chi connectivity index (χ1) is 9.11. The lowest BCUT2D eigenvalue weighted by Crippen LogP contribution is -2.36. The van der Waals surface area contributed by atoms with E-state index in [1.807, 2.05) is 43.0 Å². The third-order valence-electron chi connectivity index (χ3n) is 3.27. The molecule has 1 aliphatic rings. The zero-order valence-electron chi connectivity index (χ0n) is 11.4. The van der Waals surface area contributed by atoms with E-state index >= 15 is 0 Å². The van der Waals surface area contributed by atoms with Crippen molar-refractivity contribution in [2.45, 2.75) is 38.8 Å². The SMILES string of the molecule is CC(C)Oc1cccc(C(=O)N2CCCC2CBr)c1. The summed E-state index contributed by atoms with van der Waals surface area (Å²) in [5.41, 5.74) is 0.714. The quantitative estimate of drug-likeness (QED) is 0.793. The van der Waals surface area contributed by atoms with Gasteiger partial charge in [0.15, 0.2) is 0 Å². The molecular formula is C15H20BrNO2. The second-order valence-corrected chi connectivity index (χ2v) is 5.79. The normalized spacial score (nSPS) is 18.9. The molecular weight excluding hydrogens is 306 g/mol. The highest BCUT2D eigenvalue weighted by atomic mass is 79.9. The van der Waals surface area contributed by atoms with Crippen LogP contribution in [0.15, 0.2) is 24.3 Å². The van der Waals surface area contributed by atoms with Crippen LogP contribution in [0.2, 0.25) is 0 Å². The third kappa shape index (κ3) is 3.50. The summed E-state index contributed by atoms with van der Waals surface area (Å²) in [6.07, 6.45) is 2.29. The summed E-state index contributed by atoms with van der Waals surface area (Å²) in [7, 11) is 0. The minimum absolute atomic E-state index is 0.108. The van der Waals surface area contributed by atoms with Crippen LogP contribution in [0.5, 0.6) is 5.75 Å². The Morgan fingerprint density at radius 2 is 2.32 bits per heavy atom. The summed E-state index contributed by atoms with van der Waals surface area (Å²) >= 11 is 3.49. The van der Waals surface area contributed by atoms with Crippen LogP contribution in [0.3, 0.4) is 0 Å². The van der Waals surface area contributed by atoms with Gasteiger partial charge in [-0.15, -0.1) is 0 Å². The number of hydrogen-bond acceptors (Lipinski definition) is 2. The number of carbonyl (C=O) groups is 1. The van der Waals surface area contributed by atoms with Crippen LogP contribution in [0, 0.1) is 0 Å². The average Bonchev–Trinajstić information content (AvgIpc) is 2.85. The van der Waals surface area contributed by atoms with Crippen LogP contribution in [-0.4, -0.2) is 34.8 Å². The molecule has 4 heteroatoms. The summed E-state index contributed by atoms with van der Waals surface area (Å²) < 4.78 is 5.64. The van der Waals surface area contributed by atoms with Gasteiger partial charge in [0.25, 0.3) is 5.91 Å². The average molecular weight is 326 g/mol. The van der Waals surface area contributed by atoms with E-state index in [0.717, 1.165) is 30.5 Å². The van der Waals surface area contributed by atoms with Gasteiger partial charge >= 0.3 is 0 Å². The van der Waals surface area contributed by atoms with Crippen molar-refractivity contribution in [2.24, 2.45) is 0 Å². The number of rotatable bonds is 4. The first-order valence-electron chi connectivity index (χ1n) is 6.75. The fraction of sp³-hybridized carbons (Fsp3) is 0.533. The molecule has 1 saturated heterocycles. The number of carbonyl (C=O) groups excluding carboxylic acids is 1. The number of alkyl halides is 1. The molecule has 1 aromatic rings. The number of nitrogens with zero attached hydrogens (tertiary/aromatic N) is 1. The van der Waals surface area contributed by atoms with E-state index in [4.69, 9.17) is 4.74 Å².